The van der Waals surface area contributed by atoms with E-state index >= 15 is 0 Å². The molecular weight excluding hydrogens is 306 g/mol. The summed E-state index contributed by atoms with van der Waals surface area (Å²) in [5.74, 6) is -0.534. The number of carbonyl (C=O) groups is 2. The fourth-order valence-corrected chi connectivity index (χ4v) is 1.67. The molecule has 0 aliphatic rings. The number of ether oxygens (including phenoxy) is 1. The molecule has 124 valence electrons. The molecule has 0 heterocycles. The van der Waals surface area contributed by atoms with E-state index in [1.165, 1.54) is 0 Å². The van der Waals surface area contributed by atoms with E-state index in [9.17, 15) is 9.59 Å². The first-order chi connectivity index (χ1) is 10.2. The van der Waals surface area contributed by atoms with E-state index in [0.29, 0.717) is 30.9 Å². The van der Waals surface area contributed by atoms with Gasteiger partial charge < -0.3 is 21.1 Å². The Bertz CT molecular complexity index is 469. The number of para-hydroxylation sites is 1. The molecule has 0 saturated carbocycles. The Labute approximate surface area is 137 Å². The highest BCUT2D eigenvalue weighted by atomic mass is 35.5. The number of carbonyl (C=O) groups excluding carboxylic acids is 2. The van der Waals surface area contributed by atoms with Gasteiger partial charge in [0.1, 0.15) is 6.61 Å². The van der Waals surface area contributed by atoms with Gasteiger partial charge in [0.25, 0.3) is 5.91 Å². The van der Waals surface area contributed by atoms with E-state index in [2.05, 4.69) is 17.6 Å². The molecule has 0 saturated heterocycles. The summed E-state index contributed by atoms with van der Waals surface area (Å²) in [6.45, 7) is 3.35. The molecule has 0 radical (unpaired) electrons. The van der Waals surface area contributed by atoms with Crippen molar-refractivity contribution < 1.29 is 14.3 Å². The van der Waals surface area contributed by atoms with E-state index in [4.69, 9.17) is 10.5 Å². The maximum absolute atomic E-state index is 12.0. The van der Waals surface area contributed by atoms with E-state index in [-0.39, 0.29) is 30.8 Å². The number of nitrogens with two attached hydrogens (primary N) is 1. The van der Waals surface area contributed by atoms with Crippen LogP contribution in [0.1, 0.15) is 30.1 Å². The van der Waals surface area contributed by atoms with Crippen LogP contribution >= 0.6 is 12.4 Å². The summed E-state index contributed by atoms with van der Waals surface area (Å²) in [5.41, 5.74) is 6.23. The summed E-state index contributed by atoms with van der Waals surface area (Å²) < 4.78 is 5.24. The molecule has 0 bridgehead atoms. The first-order valence-electron chi connectivity index (χ1n) is 7.14. The minimum absolute atomic E-state index is 0. The van der Waals surface area contributed by atoms with E-state index in [0.717, 1.165) is 12.8 Å². The Hall–Kier alpha value is -1.63. The summed E-state index contributed by atoms with van der Waals surface area (Å²) in [5, 5.41) is 5.36. The lowest BCUT2D eigenvalue weighted by molar-refractivity contribution is -0.120. The van der Waals surface area contributed by atoms with Gasteiger partial charge in [-0.25, -0.2) is 0 Å². The van der Waals surface area contributed by atoms with Crippen molar-refractivity contribution in [3.05, 3.63) is 29.8 Å². The highest BCUT2D eigenvalue weighted by molar-refractivity contribution is 6.03. The van der Waals surface area contributed by atoms with Crippen molar-refractivity contribution in [1.29, 1.82) is 0 Å². The summed E-state index contributed by atoms with van der Waals surface area (Å²) in [7, 11) is 0. The van der Waals surface area contributed by atoms with Crippen molar-refractivity contribution in [2.75, 3.05) is 31.6 Å². The van der Waals surface area contributed by atoms with Crippen LogP contribution in [-0.2, 0) is 9.53 Å². The molecule has 2 amide bonds. The lowest BCUT2D eigenvalue weighted by Crippen LogP contribution is -2.30. The van der Waals surface area contributed by atoms with Gasteiger partial charge in [-0.1, -0.05) is 25.5 Å². The molecular formula is C15H24ClN3O3. The van der Waals surface area contributed by atoms with Gasteiger partial charge in [0.05, 0.1) is 11.3 Å². The number of anilines is 1. The highest BCUT2D eigenvalue weighted by Gasteiger charge is 2.12. The van der Waals surface area contributed by atoms with E-state index < -0.39 is 0 Å². The molecule has 0 unspecified atom stereocenters. The number of rotatable bonds is 9. The smallest absolute Gasteiger partial charge is 0.253 e. The third-order valence-corrected chi connectivity index (χ3v) is 2.75. The highest BCUT2D eigenvalue weighted by Crippen LogP contribution is 2.14. The number of amides is 2. The summed E-state index contributed by atoms with van der Waals surface area (Å²) >= 11 is 0. The van der Waals surface area contributed by atoms with Crippen molar-refractivity contribution in [2.24, 2.45) is 5.73 Å². The van der Waals surface area contributed by atoms with Crippen LogP contribution in [-0.4, -0.2) is 38.1 Å². The zero-order chi connectivity index (χ0) is 15.5. The van der Waals surface area contributed by atoms with Gasteiger partial charge in [0, 0.05) is 19.7 Å². The van der Waals surface area contributed by atoms with Gasteiger partial charge >= 0.3 is 0 Å². The van der Waals surface area contributed by atoms with Gasteiger partial charge in [0.2, 0.25) is 5.91 Å². The van der Waals surface area contributed by atoms with Crippen LogP contribution in [0.25, 0.3) is 0 Å². The van der Waals surface area contributed by atoms with Gasteiger partial charge in [-0.3, -0.25) is 9.59 Å². The third-order valence-electron chi connectivity index (χ3n) is 2.75. The van der Waals surface area contributed by atoms with Gasteiger partial charge in [-0.15, -0.1) is 12.4 Å². The minimum Gasteiger partial charge on any atom is -0.372 e. The molecule has 0 fully saturated rings. The molecule has 22 heavy (non-hydrogen) atoms. The predicted octanol–water partition coefficient (Wildman–Crippen LogP) is 1.55. The molecule has 0 aliphatic carbocycles. The number of benzene rings is 1. The quantitative estimate of drug-likeness (QED) is 0.599. The van der Waals surface area contributed by atoms with Crippen LogP contribution in [0.5, 0.6) is 0 Å². The molecule has 6 nitrogen and oxygen atoms in total. The Balaban J connectivity index is 0.00000441. The molecule has 0 aliphatic heterocycles. The van der Waals surface area contributed by atoms with Crippen LogP contribution in [0.4, 0.5) is 5.69 Å². The number of hydrogen-bond donors (Lipinski definition) is 3. The standard InChI is InChI=1S/C15H23N3O3.ClH/c1-2-3-10-21-11-14(19)18-13-7-5-4-6-12(13)15(20)17-9-8-16;/h4-7H,2-3,8-11,16H2,1H3,(H,17,20)(H,18,19);1H. The molecule has 7 heteroatoms. The first-order valence-corrected chi connectivity index (χ1v) is 7.14. The van der Waals surface area contributed by atoms with Crippen LogP contribution in [0.15, 0.2) is 24.3 Å². The number of unbranched alkanes of at least 4 members (excludes halogenated alkanes) is 1. The summed E-state index contributed by atoms with van der Waals surface area (Å²) in [6.07, 6.45) is 1.94. The van der Waals surface area contributed by atoms with Crippen molar-refractivity contribution in [2.45, 2.75) is 19.8 Å². The topological polar surface area (TPSA) is 93.4 Å². The van der Waals surface area contributed by atoms with E-state index in [1.807, 2.05) is 0 Å². The SMILES string of the molecule is CCCCOCC(=O)Nc1ccccc1C(=O)NCCN.Cl. The molecule has 0 spiro atoms. The van der Waals surface area contributed by atoms with Crippen molar-refractivity contribution in [1.82, 2.24) is 5.32 Å². The van der Waals surface area contributed by atoms with Gasteiger partial charge in [0.15, 0.2) is 0 Å². The maximum atomic E-state index is 12.0. The fraction of sp³-hybridized carbons (Fsp3) is 0.467. The second-order valence-corrected chi connectivity index (χ2v) is 4.54. The van der Waals surface area contributed by atoms with Gasteiger partial charge in [-0.05, 0) is 18.6 Å². The molecule has 0 aromatic heterocycles. The van der Waals surface area contributed by atoms with Crippen LogP contribution < -0.4 is 16.4 Å². The normalized spacial score (nSPS) is 9.73. The second-order valence-electron chi connectivity index (χ2n) is 4.54. The molecule has 0 atom stereocenters. The largest absolute Gasteiger partial charge is 0.372 e. The number of halogens is 1. The zero-order valence-electron chi connectivity index (χ0n) is 12.8. The molecule has 4 N–H and O–H groups in total. The third kappa shape index (κ3) is 7.40. The van der Waals surface area contributed by atoms with Crippen LogP contribution in [0, 0.1) is 0 Å². The average molecular weight is 330 g/mol. The average Bonchev–Trinajstić information content (AvgIpc) is 2.50. The predicted molar refractivity (Wildman–Crippen MR) is 89.4 cm³/mol. The van der Waals surface area contributed by atoms with Crippen LogP contribution in [0.3, 0.4) is 0 Å². The Morgan fingerprint density at radius 2 is 2.00 bits per heavy atom. The van der Waals surface area contributed by atoms with E-state index in [1.54, 1.807) is 24.3 Å². The number of nitrogens with one attached hydrogen (secondary N) is 2. The minimum atomic E-state index is -0.273. The maximum Gasteiger partial charge on any atom is 0.253 e. The Kier molecular flexibility index (Phi) is 11.1. The Morgan fingerprint density at radius 3 is 2.68 bits per heavy atom. The zero-order valence-corrected chi connectivity index (χ0v) is 13.6. The summed E-state index contributed by atoms with van der Waals surface area (Å²) in [4.78, 5) is 23.7. The molecule has 1 aromatic rings. The molecule has 1 rings (SSSR count). The second kappa shape index (κ2) is 12.0. The Morgan fingerprint density at radius 1 is 1.27 bits per heavy atom. The monoisotopic (exact) mass is 329 g/mol. The first kappa shape index (κ1) is 20.4. The van der Waals surface area contributed by atoms with Crippen LogP contribution in [0.2, 0.25) is 0 Å². The fourth-order valence-electron chi connectivity index (χ4n) is 1.67. The summed E-state index contributed by atoms with van der Waals surface area (Å²) in [6, 6.07) is 6.83. The van der Waals surface area contributed by atoms with Crippen molar-refractivity contribution in [3.63, 3.8) is 0 Å². The van der Waals surface area contributed by atoms with Gasteiger partial charge in [-0.2, -0.15) is 0 Å². The molecule has 1 aromatic carbocycles. The van der Waals surface area contributed by atoms with Crippen molar-refractivity contribution in [3.8, 4) is 0 Å². The lowest BCUT2D eigenvalue weighted by Gasteiger charge is -2.11. The lowest BCUT2D eigenvalue weighted by atomic mass is 10.1. The van der Waals surface area contributed by atoms with Crippen molar-refractivity contribution >= 4 is 29.9 Å². The number of hydrogen-bond acceptors (Lipinski definition) is 4.